The van der Waals surface area contributed by atoms with Crippen molar-refractivity contribution in [1.82, 2.24) is 0 Å². The van der Waals surface area contributed by atoms with Gasteiger partial charge < -0.3 is 5.11 Å². The Balaban J connectivity index is 3.29. The molecule has 1 rings (SSSR count). The molecule has 0 aromatic heterocycles. The van der Waals surface area contributed by atoms with E-state index in [1.165, 1.54) is 6.07 Å². The molecule has 0 aliphatic heterocycles. The monoisotopic (exact) mass is 218 g/mol. The molecule has 0 saturated heterocycles. The Morgan fingerprint density at radius 2 is 2.18 bits per heavy atom. The highest BCUT2D eigenvalue weighted by Crippen LogP contribution is 2.22. The SMILES string of the molecule is Cc1c(F)ccc(Br)c1CO. The standard InChI is InChI=1S/C8H8BrFO/c1-5-6(4-11)7(9)2-3-8(5)10/h2-3,11H,4H2,1H3. The third kappa shape index (κ3) is 1.60. The van der Waals surface area contributed by atoms with Gasteiger partial charge >= 0.3 is 0 Å². The number of hydrogen-bond donors (Lipinski definition) is 1. The minimum absolute atomic E-state index is 0.135. The molecule has 11 heavy (non-hydrogen) atoms. The number of halogens is 2. The summed E-state index contributed by atoms with van der Waals surface area (Å²) in [6, 6.07) is 2.96. The van der Waals surface area contributed by atoms with Gasteiger partial charge in [0.05, 0.1) is 6.61 Å². The van der Waals surface area contributed by atoms with Crippen molar-refractivity contribution in [3.63, 3.8) is 0 Å². The van der Waals surface area contributed by atoms with Crippen LogP contribution >= 0.6 is 15.9 Å². The van der Waals surface area contributed by atoms with Gasteiger partial charge in [-0.15, -0.1) is 0 Å². The summed E-state index contributed by atoms with van der Waals surface area (Å²) in [5.41, 5.74) is 1.12. The molecule has 60 valence electrons. The van der Waals surface area contributed by atoms with Crippen molar-refractivity contribution in [3.8, 4) is 0 Å². The van der Waals surface area contributed by atoms with Gasteiger partial charge in [-0.1, -0.05) is 15.9 Å². The van der Waals surface area contributed by atoms with Crippen LogP contribution in [0.1, 0.15) is 11.1 Å². The van der Waals surface area contributed by atoms with Crippen LogP contribution in [0.3, 0.4) is 0 Å². The molecule has 0 heterocycles. The topological polar surface area (TPSA) is 20.2 Å². The van der Waals surface area contributed by atoms with Crippen LogP contribution in [0.2, 0.25) is 0 Å². The van der Waals surface area contributed by atoms with Gasteiger partial charge in [0, 0.05) is 4.47 Å². The molecule has 0 fully saturated rings. The number of benzene rings is 1. The summed E-state index contributed by atoms with van der Waals surface area (Å²) in [5.74, 6) is -0.280. The van der Waals surface area contributed by atoms with E-state index in [4.69, 9.17) is 5.11 Å². The van der Waals surface area contributed by atoms with Gasteiger partial charge in [-0.2, -0.15) is 0 Å². The molecule has 1 nitrogen and oxygen atoms in total. The maximum absolute atomic E-state index is 12.8. The van der Waals surface area contributed by atoms with Crippen molar-refractivity contribution < 1.29 is 9.50 Å². The Morgan fingerprint density at radius 1 is 1.55 bits per heavy atom. The highest BCUT2D eigenvalue weighted by atomic mass is 79.9. The van der Waals surface area contributed by atoms with Crippen molar-refractivity contribution in [2.24, 2.45) is 0 Å². The first-order chi connectivity index (χ1) is 5.16. The summed E-state index contributed by atoms with van der Waals surface area (Å²) in [7, 11) is 0. The largest absolute Gasteiger partial charge is 0.392 e. The lowest BCUT2D eigenvalue weighted by atomic mass is 10.1. The third-order valence-corrected chi connectivity index (χ3v) is 2.38. The Bertz CT molecular complexity index is 273. The average molecular weight is 219 g/mol. The molecule has 1 N–H and O–H groups in total. The minimum atomic E-state index is -0.280. The summed E-state index contributed by atoms with van der Waals surface area (Å²) in [4.78, 5) is 0. The predicted molar refractivity (Wildman–Crippen MR) is 44.8 cm³/mol. The number of aliphatic hydroxyl groups is 1. The Morgan fingerprint density at radius 3 is 2.64 bits per heavy atom. The first kappa shape index (κ1) is 8.68. The second kappa shape index (κ2) is 3.32. The second-order valence-electron chi connectivity index (χ2n) is 2.29. The molecule has 0 aliphatic carbocycles. The molecular weight excluding hydrogens is 211 g/mol. The van der Waals surface area contributed by atoms with E-state index in [1.807, 2.05) is 0 Å². The molecule has 3 heteroatoms. The van der Waals surface area contributed by atoms with Crippen LogP contribution in [-0.2, 0) is 6.61 Å². The quantitative estimate of drug-likeness (QED) is 0.768. The average Bonchev–Trinajstić information content (AvgIpc) is 1.99. The zero-order chi connectivity index (χ0) is 8.43. The van der Waals surface area contributed by atoms with E-state index in [9.17, 15) is 4.39 Å². The van der Waals surface area contributed by atoms with Gasteiger partial charge in [-0.05, 0) is 30.2 Å². The fourth-order valence-electron chi connectivity index (χ4n) is 0.889. The molecule has 0 saturated carbocycles. The van der Waals surface area contributed by atoms with E-state index < -0.39 is 0 Å². The zero-order valence-corrected chi connectivity index (χ0v) is 7.65. The zero-order valence-electron chi connectivity index (χ0n) is 6.06. The first-order valence-corrected chi connectivity index (χ1v) is 4.00. The smallest absolute Gasteiger partial charge is 0.126 e. The van der Waals surface area contributed by atoms with Crippen molar-refractivity contribution in [2.75, 3.05) is 0 Å². The molecule has 1 aromatic rings. The van der Waals surface area contributed by atoms with Crippen LogP contribution in [0.15, 0.2) is 16.6 Å². The Labute approximate surface area is 73.0 Å². The predicted octanol–water partition coefficient (Wildman–Crippen LogP) is 2.39. The summed E-state index contributed by atoms with van der Waals surface area (Å²) in [5, 5.41) is 8.83. The van der Waals surface area contributed by atoms with E-state index in [-0.39, 0.29) is 12.4 Å². The van der Waals surface area contributed by atoms with E-state index >= 15 is 0 Å². The van der Waals surface area contributed by atoms with E-state index in [1.54, 1.807) is 13.0 Å². The third-order valence-electron chi connectivity index (χ3n) is 1.63. The summed E-state index contributed by atoms with van der Waals surface area (Å²) in [6.07, 6.45) is 0. The highest BCUT2D eigenvalue weighted by molar-refractivity contribution is 9.10. The van der Waals surface area contributed by atoms with Crippen molar-refractivity contribution in [2.45, 2.75) is 13.5 Å². The van der Waals surface area contributed by atoms with Gasteiger partial charge in [0.15, 0.2) is 0 Å². The van der Waals surface area contributed by atoms with Gasteiger partial charge in [0.1, 0.15) is 5.82 Å². The lowest BCUT2D eigenvalue weighted by Crippen LogP contribution is -1.93. The van der Waals surface area contributed by atoms with Crippen LogP contribution in [0.25, 0.3) is 0 Å². The van der Waals surface area contributed by atoms with Crippen molar-refractivity contribution in [1.29, 1.82) is 0 Å². The van der Waals surface area contributed by atoms with Gasteiger partial charge in [0.25, 0.3) is 0 Å². The Kier molecular flexibility index (Phi) is 2.62. The fourth-order valence-corrected chi connectivity index (χ4v) is 1.44. The van der Waals surface area contributed by atoms with Gasteiger partial charge in [0.2, 0.25) is 0 Å². The molecule has 0 amide bonds. The normalized spacial score (nSPS) is 10.2. The lowest BCUT2D eigenvalue weighted by molar-refractivity contribution is 0.279. The molecular formula is C8H8BrFO. The molecule has 0 bridgehead atoms. The fraction of sp³-hybridized carbons (Fsp3) is 0.250. The van der Waals surface area contributed by atoms with Crippen LogP contribution in [-0.4, -0.2) is 5.11 Å². The molecule has 0 unspecified atom stereocenters. The van der Waals surface area contributed by atoms with Gasteiger partial charge in [-0.3, -0.25) is 0 Å². The lowest BCUT2D eigenvalue weighted by Gasteiger charge is -2.05. The minimum Gasteiger partial charge on any atom is -0.392 e. The second-order valence-corrected chi connectivity index (χ2v) is 3.15. The molecule has 0 spiro atoms. The van der Waals surface area contributed by atoms with Crippen molar-refractivity contribution >= 4 is 15.9 Å². The number of rotatable bonds is 1. The molecule has 0 atom stereocenters. The molecule has 0 aliphatic rings. The summed E-state index contributed by atoms with van der Waals surface area (Å²) < 4.78 is 13.6. The van der Waals surface area contributed by atoms with Crippen molar-refractivity contribution in [3.05, 3.63) is 33.5 Å². The summed E-state index contributed by atoms with van der Waals surface area (Å²) >= 11 is 3.21. The maximum atomic E-state index is 12.8. The van der Waals surface area contributed by atoms with Gasteiger partial charge in [-0.25, -0.2) is 4.39 Å². The van der Waals surface area contributed by atoms with Crippen LogP contribution < -0.4 is 0 Å². The maximum Gasteiger partial charge on any atom is 0.126 e. The first-order valence-electron chi connectivity index (χ1n) is 3.21. The Hall–Kier alpha value is -0.410. The molecule has 1 aromatic carbocycles. The van der Waals surface area contributed by atoms with E-state index in [0.717, 1.165) is 4.47 Å². The van der Waals surface area contributed by atoms with Crippen LogP contribution in [0.4, 0.5) is 4.39 Å². The number of hydrogen-bond acceptors (Lipinski definition) is 1. The highest BCUT2D eigenvalue weighted by Gasteiger charge is 2.05. The molecule has 0 radical (unpaired) electrons. The number of aliphatic hydroxyl groups excluding tert-OH is 1. The summed E-state index contributed by atoms with van der Waals surface area (Å²) in [6.45, 7) is 1.51. The van der Waals surface area contributed by atoms with Crippen LogP contribution in [0.5, 0.6) is 0 Å². The van der Waals surface area contributed by atoms with E-state index in [0.29, 0.717) is 11.1 Å². The van der Waals surface area contributed by atoms with E-state index in [2.05, 4.69) is 15.9 Å². The van der Waals surface area contributed by atoms with Crippen LogP contribution in [0, 0.1) is 12.7 Å².